The molecule has 6 nitrogen and oxygen atoms in total. The number of thiazole rings is 1. The van der Waals surface area contributed by atoms with Crippen LogP contribution in [0.5, 0.6) is 0 Å². The van der Waals surface area contributed by atoms with Gasteiger partial charge in [0.1, 0.15) is 12.1 Å². The summed E-state index contributed by atoms with van der Waals surface area (Å²) in [5, 5.41) is 14.0. The Morgan fingerprint density at radius 2 is 2.35 bits per heavy atom. The number of hydrogen-bond acceptors (Lipinski definition) is 6. The van der Waals surface area contributed by atoms with Crippen molar-refractivity contribution in [3.05, 3.63) is 28.6 Å². The molecule has 2 N–H and O–H groups in total. The zero-order valence-corrected chi connectivity index (χ0v) is 9.95. The molecule has 7 heteroatoms. The fraction of sp³-hybridized carbons (Fsp3) is 0.200. The number of nitrogens with zero attached hydrogens (tertiary/aromatic N) is 4. The molecular formula is C10H10N6S. The third-order valence-electron chi connectivity index (χ3n) is 2.35. The van der Waals surface area contributed by atoms with E-state index in [0.29, 0.717) is 6.54 Å². The quantitative estimate of drug-likeness (QED) is 0.735. The second-order valence-electron chi connectivity index (χ2n) is 3.57. The predicted molar refractivity (Wildman–Crippen MR) is 65.9 cm³/mol. The third-order valence-corrected chi connectivity index (χ3v) is 3.17. The van der Waals surface area contributed by atoms with Gasteiger partial charge in [-0.3, -0.25) is 5.10 Å². The molecule has 0 fully saturated rings. The summed E-state index contributed by atoms with van der Waals surface area (Å²) >= 11 is 1.64. The van der Waals surface area contributed by atoms with E-state index < -0.39 is 0 Å². The highest BCUT2D eigenvalue weighted by Crippen LogP contribution is 2.17. The van der Waals surface area contributed by atoms with Crippen LogP contribution in [0.3, 0.4) is 0 Å². The molecule has 0 bridgehead atoms. The molecule has 3 aromatic rings. The number of hydrogen-bond donors (Lipinski definition) is 2. The molecule has 0 atom stereocenters. The Labute approximate surface area is 101 Å². The van der Waals surface area contributed by atoms with E-state index in [-0.39, 0.29) is 0 Å². The highest BCUT2D eigenvalue weighted by atomic mass is 32.1. The molecule has 0 aromatic carbocycles. The van der Waals surface area contributed by atoms with E-state index >= 15 is 0 Å². The first kappa shape index (κ1) is 10.2. The van der Waals surface area contributed by atoms with Crippen LogP contribution in [0.1, 0.15) is 10.7 Å². The Morgan fingerprint density at radius 3 is 3.18 bits per heavy atom. The molecule has 0 aliphatic rings. The maximum absolute atomic E-state index is 4.38. The smallest absolute Gasteiger partial charge is 0.160 e. The minimum atomic E-state index is 0.654. The van der Waals surface area contributed by atoms with Crippen molar-refractivity contribution in [3.63, 3.8) is 0 Å². The second kappa shape index (κ2) is 4.10. The largest absolute Gasteiger partial charge is 0.364 e. The van der Waals surface area contributed by atoms with E-state index in [2.05, 4.69) is 30.5 Å². The number of anilines is 1. The summed E-state index contributed by atoms with van der Waals surface area (Å²) in [6.45, 7) is 2.65. The fourth-order valence-corrected chi connectivity index (χ4v) is 2.18. The highest BCUT2D eigenvalue weighted by Gasteiger charge is 2.05. The Bertz CT molecular complexity index is 643. The van der Waals surface area contributed by atoms with Crippen LogP contribution in [-0.2, 0) is 6.54 Å². The Morgan fingerprint density at radius 1 is 1.41 bits per heavy atom. The monoisotopic (exact) mass is 246 g/mol. The molecule has 3 heterocycles. The molecule has 3 rings (SSSR count). The predicted octanol–water partition coefficient (Wildman–Crippen LogP) is 1.73. The summed E-state index contributed by atoms with van der Waals surface area (Å²) < 4.78 is 0. The van der Waals surface area contributed by atoms with Gasteiger partial charge in [0.2, 0.25) is 0 Å². The van der Waals surface area contributed by atoms with Gasteiger partial charge in [0.15, 0.2) is 5.65 Å². The van der Waals surface area contributed by atoms with Crippen LogP contribution >= 0.6 is 11.3 Å². The van der Waals surface area contributed by atoms with E-state index in [4.69, 9.17) is 0 Å². The molecule has 0 amide bonds. The summed E-state index contributed by atoms with van der Waals surface area (Å²) in [6.07, 6.45) is 3.22. The average Bonchev–Trinajstić information content (AvgIpc) is 2.94. The number of aromatic nitrogens is 5. The molecule has 0 aliphatic heterocycles. The first-order chi connectivity index (χ1) is 8.33. The standard InChI is InChI=1S/C10H10N6S/c1-6-15-7(4-17-6)2-11-9-8-3-14-16-10(8)13-5-12-9/h3-5H,2H2,1H3,(H2,11,12,13,14,16). The normalized spacial score (nSPS) is 10.9. The molecule has 3 aromatic heterocycles. The lowest BCUT2D eigenvalue weighted by molar-refractivity contribution is 1.03. The van der Waals surface area contributed by atoms with Gasteiger partial charge in [0, 0.05) is 5.38 Å². The van der Waals surface area contributed by atoms with Crippen LogP contribution in [0.25, 0.3) is 11.0 Å². The minimum absolute atomic E-state index is 0.654. The number of aryl methyl sites for hydroxylation is 1. The first-order valence-electron chi connectivity index (χ1n) is 5.12. The molecule has 0 aliphatic carbocycles. The zero-order valence-electron chi connectivity index (χ0n) is 9.14. The van der Waals surface area contributed by atoms with Crippen molar-refractivity contribution in [2.24, 2.45) is 0 Å². The van der Waals surface area contributed by atoms with Crippen molar-refractivity contribution in [1.82, 2.24) is 25.1 Å². The molecule has 0 unspecified atom stereocenters. The van der Waals surface area contributed by atoms with Crippen LogP contribution in [0.15, 0.2) is 17.9 Å². The van der Waals surface area contributed by atoms with Crippen LogP contribution in [0.4, 0.5) is 5.82 Å². The van der Waals surface area contributed by atoms with Crippen molar-refractivity contribution in [3.8, 4) is 0 Å². The van der Waals surface area contributed by atoms with Crippen LogP contribution < -0.4 is 5.32 Å². The Hall–Kier alpha value is -2.02. The average molecular weight is 246 g/mol. The first-order valence-corrected chi connectivity index (χ1v) is 6.00. The molecule has 0 spiro atoms. The molecule has 0 saturated carbocycles. The molecule has 0 radical (unpaired) electrons. The van der Waals surface area contributed by atoms with Gasteiger partial charge in [0.25, 0.3) is 0 Å². The van der Waals surface area contributed by atoms with Crippen LogP contribution in [0.2, 0.25) is 0 Å². The molecular weight excluding hydrogens is 236 g/mol. The van der Waals surface area contributed by atoms with E-state index in [1.165, 1.54) is 6.33 Å². The number of nitrogens with one attached hydrogen (secondary N) is 2. The molecule has 0 saturated heterocycles. The van der Waals surface area contributed by atoms with Crippen LogP contribution in [0, 0.1) is 6.92 Å². The van der Waals surface area contributed by atoms with E-state index in [0.717, 1.165) is 27.6 Å². The number of H-pyrrole nitrogens is 1. The zero-order chi connectivity index (χ0) is 11.7. The van der Waals surface area contributed by atoms with E-state index in [1.807, 2.05) is 12.3 Å². The van der Waals surface area contributed by atoms with E-state index in [9.17, 15) is 0 Å². The van der Waals surface area contributed by atoms with Crippen molar-refractivity contribution in [2.75, 3.05) is 5.32 Å². The summed E-state index contributed by atoms with van der Waals surface area (Å²) in [7, 11) is 0. The lowest BCUT2D eigenvalue weighted by Crippen LogP contribution is -2.02. The van der Waals surface area contributed by atoms with E-state index in [1.54, 1.807) is 17.5 Å². The van der Waals surface area contributed by atoms with Gasteiger partial charge >= 0.3 is 0 Å². The van der Waals surface area contributed by atoms with Gasteiger partial charge in [-0.2, -0.15) is 5.10 Å². The van der Waals surface area contributed by atoms with Crippen LogP contribution in [-0.4, -0.2) is 25.1 Å². The highest BCUT2D eigenvalue weighted by molar-refractivity contribution is 7.09. The third kappa shape index (κ3) is 1.96. The number of fused-ring (bicyclic) bond motifs is 1. The lowest BCUT2D eigenvalue weighted by Gasteiger charge is -2.03. The SMILES string of the molecule is Cc1nc(CNc2ncnc3[nH]ncc23)cs1. The second-order valence-corrected chi connectivity index (χ2v) is 4.63. The Kier molecular flexibility index (Phi) is 2.45. The minimum Gasteiger partial charge on any atom is -0.364 e. The number of aromatic amines is 1. The van der Waals surface area contributed by atoms with Gasteiger partial charge in [-0.15, -0.1) is 11.3 Å². The summed E-state index contributed by atoms with van der Waals surface area (Å²) in [5.74, 6) is 0.773. The van der Waals surface area contributed by atoms with Gasteiger partial charge in [-0.1, -0.05) is 0 Å². The van der Waals surface area contributed by atoms with Crippen molar-refractivity contribution in [1.29, 1.82) is 0 Å². The Balaban J connectivity index is 1.83. The summed E-state index contributed by atoms with van der Waals surface area (Å²) in [5.41, 5.74) is 1.75. The molecule has 17 heavy (non-hydrogen) atoms. The van der Waals surface area contributed by atoms with Crippen molar-refractivity contribution < 1.29 is 0 Å². The van der Waals surface area contributed by atoms with Crippen molar-refractivity contribution in [2.45, 2.75) is 13.5 Å². The number of rotatable bonds is 3. The van der Waals surface area contributed by atoms with Crippen molar-refractivity contribution >= 4 is 28.2 Å². The topological polar surface area (TPSA) is 79.4 Å². The van der Waals surface area contributed by atoms with Gasteiger partial charge in [-0.25, -0.2) is 15.0 Å². The van der Waals surface area contributed by atoms with Gasteiger partial charge in [0.05, 0.1) is 28.8 Å². The fourth-order valence-electron chi connectivity index (χ4n) is 1.57. The molecule has 86 valence electrons. The summed E-state index contributed by atoms with van der Waals surface area (Å²) in [6, 6.07) is 0. The maximum Gasteiger partial charge on any atom is 0.160 e. The van der Waals surface area contributed by atoms with Gasteiger partial charge < -0.3 is 5.32 Å². The van der Waals surface area contributed by atoms with Gasteiger partial charge in [-0.05, 0) is 6.92 Å². The lowest BCUT2D eigenvalue weighted by atomic mass is 10.4. The maximum atomic E-state index is 4.38. The summed E-state index contributed by atoms with van der Waals surface area (Å²) in [4.78, 5) is 12.7.